The van der Waals surface area contributed by atoms with E-state index in [1.807, 2.05) is 13.0 Å². The Labute approximate surface area is 142 Å². The molecule has 5 nitrogen and oxygen atoms in total. The van der Waals surface area contributed by atoms with Crippen LogP contribution in [0.5, 0.6) is 0 Å². The van der Waals surface area contributed by atoms with Crippen LogP contribution < -0.4 is 10.6 Å². The number of hydrogen-bond donors (Lipinski definition) is 2. The van der Waals surface area contributed by atoms with Crippen molar-refractivity contribution in [3.05, 3.63) is 35.6 Å². The van der Waals surface area contributed by atoms with Crippen molar-refractivity contribution in [3.8, 4) is 0 Å². The predicted octanol–water partition coefficient (Wildman–Crippen LogP) is 1.60. The maximum atomic E-state index is 13.5. The van der Waals surface area contributed by atoms with Crippen LogP contribution in [0.1, 0.15) is 31.7 Å². The Balaban J connectivity index is 1.68. The van der Waals surface area contributed by atoms with Crippen LogP contribution in [-0.2, 0) is 15.3 Å². The van der Waals surface area contributed by atoms with E-state index < -0.39 is 9.84 Å². The molecule has 1 atom stereocenters. The molecule has 1 heterocycles. The summed E-state index contributed by atoms with van der Waals surface area (Å²) < 4.78 is 36.6. The van der Waals surface area contributed by atoms with Crippen LogP contribution >= 0.6 is 0 Å². The van der Waals surface area contributed by atoms with E-state index in [1.54, 1.807) is 12.1 Å². The highest BCUT2D eigenvalue weighted by molar-refractivity contribution is 7.91. The van der Waals surface area contributed by atoms with Gasteiger partial charge in [-0.3, -0.25) is 4.99 Å². The first-order valence-electron chi connectivity index (χ1n) is 8.44. The fourth-order valence-electron chi connectivity index (χ4n) is 3.16. The van der Waals surface area contributed by atoms with Gasteiger partial charge in [0.05, 0.1) is 18.1 Å². The number of nitrogens with zero attached hydrogens (tertiary/aromatic N) is 1. The summed E-state index contributed by atoms with van der Waals surface area (Å²) in [6.07, 6.45) is 2.61. The molecule has 1 saturated carbocycles. The first-order valence-corrected chi connectivity index (χ1v) is 10.3. The third kappa shape index (κ3) is 4.06. The fourth-order valence-corrected chi connectivity index (χ4v) is 4.83. The molecule has 3 rings (SSSR count). The molecule has 1 aliphatic carbocycles. The lowest BCUT2D eigenvalue weighted by Crippen LogP contribution is -2.44. The van der Waals surface area contributed by atoms with Gasteiger partial charge < -0.3 is 10.6 Å². The highest BCUT2D eigenvalue weighted by Crippen LogP contribution is 2.48. The Morgan fingerprint density at radius 1 is 1.42 bits per heavy atom. The van der Waals surface area contributed by atoms with E-state index >= 15 is 0 Å². The van der Waals surface area contributed by atoms with Crippen molar-refractivity contribution in [2.24, 2.45) is 4.99 Å². The van der Waals surface area contributed by atoms with Gasteiger partial charge in [0.1, 0.15) is 5.82 Å². The number of benzene rings is 1. The molecule has 0 amide bonds. The number of halogens is 1. The fraction of sp³-hybridized carbons (Fsp3) is 0.588. The molecule has 1 aromatic rings. The summed E-state index contributed by atoms with van der Waals surface area (Å²) in [7, 11) is -2.92. The molecule has 2 fully saturated rings. The maximum Gasteiger partial charge on any atom is 0.191 e. The van der Waals surface area contributed by atoms with Gasteiger partial charge >= 0.3 is 0 Å². The zero-order valence-electron chi connectivity index (χ0n) is 13.9. The molecule has 1 unspecified atom stereocenters. The van der Waals surface area contributed by atoms with Gasteiger partial charge in [-0.05, 0) is 43.9 Å². The van der Waals surface area contributed by atoms with Gasteiger partial charge in [0.2, 0.25) is 0 Å². The maximum absolute atomic E-state index is 13.5. The predicted molar refractivity (Wildman–Crippen MR) is 93.5 cm³/mol. The zero-order chi connectivity index (χ0) is 17.2. The average Bonchev–Trinajstić information content (AvgIpc) is 3.24. The highest BCUT2D eigenvalue weighted by atomic mass is 32.2. The van der Waals surface area contributed by atoms with Crippen LogP contribution in [0.2, 0.25) is 0 Å². The monoisotopic (exact) mass is 353 g/mol. The molecule has 0 radical (unpaired) electrons. The lowest BCUT2D eigenvalue weighted by Gasteiger charge is -2.18. The molecule has 0 bridgehead atoms. The van der Waals surface area contributed by atoms with Crippen molar-refractivity contribution in [3.63, 3.8) is 0 Å². The summed E-state index contributed by atoms with van der Waals surface area (Å²) in [6, 6.07) is 6.65. The van der Waals surface area contributed by atoms with Gasteiger partial charge in [-0.25, -0.2) is 12.8 Å². The second-order valence-corrected chi connectivity index (χ2v) is 8.96. The third-order valence-corrected chi connectivity index (χ3v) is 6.52. The molecule has 7 heteroatoms. The largest absolute Gasteiger partial charge is 0.357 e. The molecule has 1 aliphatic heterocycles. The van der Waals surface area contributed by atoms with Crippen molar-refractivity contribution in [2.75, 3.05) is 24.6 Å². The standard InChI is InChI=1S/C17H24FN3O2S/c1-2-19-16(21-15-6-9-24(22,23)11-15)20-12-17(7-8-17)13-4-3-5-14(18)10-13/h3-5,10,15H,2,6-9,11-12H2,1H3,(H2,19,20,21). The normalized spacial score (nSPS) is 24.6. The Morgan fingerprint density at radius 2 is 2.21 bits per heavy atom. The van der Waals surface area contributed by atoms with Gasteiger partial charge in [0.25, 0.3) is 0 Å². The summed E-state index contributed by atoms with van der Waals surface area (Å²) in [5, 5.41) is 6.39. The summed E-state index contributed by atoms with van der Waals surface area (Å²) in [6.45, 7) is 3.26. The van der Waals surface area contributed by atoms with Gasteiger partial charge in [-0.15, -0.1) is 0 Å². The summed E-state index contributed by atoms with van der Waals surface area (Å²) in [4.78, 5) is 4.64. The van der Waals surface area contributed by atoms with Crippen LogP contribution in [0.4, 0.5) is 4.39 Å². The molecule has 1 saturated heterocycles. The number of guanidine groups is 1. The van der Waals surface area contributed by atoms with Gasteiger partial charge in [-0.1, -0.05) is 12.1 Å². The van der Waals surface area contributed by atoms with Gasteiger partial charge in [0, 0.05) is 18.0 Å². The van der Waals surface area contributed by atoms with Crippen molar-refractivity contribution in [1.82, 2.24) is 10.6 Å². The molecule has 132 valence electrons. The molecule has 2 aliphatic rings. The Bertz CT molecular complexity index is 729. The van der Waals surface area contributed by atoms with Gasteiger partial charge in [-0.2, -0.15) is 0 Å². The van der Waals surface area contributed by atoms with E-state index in [-0.39, 0.29) is 28.8 Å². The molecule has 2 N–H and O–H groups in total. The minimum absolute atomic E-state index is 0.0772. The lowest BCUT2D eigenvalue weighted by molar-refractivity contribution is 0.599. The first-order chi connectivity index (χ1) is 11.4. The van der Waals surface area contributed by atoms with E-state index in [4.69, 9.17) is 0 Å². The second kappa shape index (κ2) is 6.70. The Kier molecular flexibility index (Phi) is 4.80. The molecule has 24 heavy (non-hydrogen) atoms. The molecule has 1 aromatic carbocycles. The summed E-state index contributed by atoms with van der Waals surface area (Å²) in [5.41, 5.74) is 0.914. The molecule has 0 aromatic heterocycles. The van der Waals surface area contributed by atoms with E-state index in [1.165, 1.54) is 6.07 Å². The quantitative estimate of drug-likeness (QED) is 0.623. The number of nitrogens with one attached hydrogen (secondary N) is 2. The van der Waals surface area contributed by atoms with E-state index in [9.17, 15) is 12.8 Å². The van der Waals surface area contributed by atoms with Crippen molar-refractivity contribution >= 4 is 15.8 Å². The molecular formula is C17H24FN3O2S. The number of hydrogen-bond acceptors (Lipinski definition) is 3. The first kappa shape index (κ1) is 17.2. The lowest BCUT2D eigenvalue weighted by atomic mass is 9.96. The number of rotatable bonds is 5. The zero-order valence-corrected chi connectivity index (χ0v) is 14.7. The van der Waals surface area contributed by atoms with Crippen molar-refractivity contribution < 1.29 is 12.8 Å². The summed E-state index contributed by atoms with van der Waals surface area (Å²) in [5.74, 6) is 0.815. The van der Waals surface area contributed by atoms with Crippen LogP contribution in [-0.4, -0.2) is 45.0 Å². The average molecular weight is 353 g/mol. The topological polar surface area (TPSA) is 70.6 Å². The smallest absolute Gasteiger partial charge is 0.191 e. The van der Waals surface area contributed by atoms with Crippen LogP contribution in [0.15, 0.2) is 29.3 Å². The second-order valence-electron chi connectivity index (χ2n) is 6.73. The molecular weight excluding hydrogens is 329 g/mol. The van der Waals surface area contributed by atoms with E-state index in [0.29, 0.717) is 25.5 Å². The van der Waals surface area contributed by atoms with Crippen LogP contribution in [0, 0.1) is 5.82 Å². The number of sulfone groups is 1. The Morgan fingerprint density at radius 3 is 2.79 bits per heavy atom. The van der Waals surface area contributed by atoms with Gasteiger partial charge in [0.15, 0.2) is 15.8 Å². The van der Waals surface area contributed by atoms with E-state index in [0.717, 1.165) is 18.4 Å². The highest BCUT2D eigenvalue weighted by Gasteiger charge is 2.44. The Hall–Kier alpha value is -1.63. The molecule has 0 spiro atoms. The minimum Gasteiger partial charge on any atom is -0.357 e. The summed E-state index contributed by atoms with van der Waals surface area (Å²) >= 11 is 0. The van der Waals surface area contributed by atoms with Crippen molar-refractivity contribution in [1.29, 1.82) is 0 Å². The SMILES string of the molecule is CCNC(=NCC1(c2cccc(F)c2)CC1)NC1CCS(=O)(=O)C1. The minimum atomic E-state index is -2.92. The third-order valence-electron chi connectivity index (χ3n) is 4.75. The van der Waals surface area contributed by atoms with Crippen LogP contribution in [0.25, 0.3) is 0 Å². The van der Waals surface area contributed by atoms with Crippen molar-refractivity contribution in [2.45, 2.75) is 37.6 Å². The van der Waals surface area contributed by atoms with E-state index in [2.05, 4.69) is 15.6 Å². The number of aliphatic imine (C=N–C) groups is 1. The van der Waals surface area contributed by atoms with Crippen LogP contribution in [0.3, 0.4) is 0 Å².